The van der Waals surface area contributed by atoms with Gasteiger partial charge in [-0.3, -0.25) is 9.69 Å². The molecule has 2 heterocycles. The van der Waals surface area contributed by atoms with Crippen LogP contribution in [0.2, 0.25) is 0 Å². The van der Waals surface area contributed by atoms with Crippen molar-refractivity contribution in [3.63, 3.8) is 0 Å². The Hall–Kier alpha value is -3.77. The van der Waals surface area contributed by atoms with E-state index in [1.54, 1.807) is 25.3 Å². The summed E-state index contributed by atoms with van der Waals surface area (Å²) in [5, 5.41) is 24.5. The molecule has 5 aliphatic rings. The van der Waals surface area contributed by atoms with Gasteiger partial charge in [-0.15, -0.1) is 6.58 Å². The quantitative estimate of drug-likeness (QED) is 0.0538. The van der Waals surface area contributed by atoms with Crippen LogP contribution in [-0.4, -0.2) is 96.6 Å². The zero-order chi connectivity index (χ0) is 40.5. The maximum absolute atomic E-state index is 14.9. The van der Waals surface area contributed by atoms with Gasteiger partial charge in [0, 0.05) is 63.7 Å². The zero-order valence-corrected chi connectivity index (χ0v) is 34.4. The highest BCUT2D eigenvalue weighted by Gasteiger charge is 2.65. The maximum atomic E-state index is 14.9. The van der Waals surface area contributed by atoms with E-state index < -0.39 is 17.7 Å². The number of aliphatic hydroxyl groups is 2. The van der Waals surface area contributed by atoms with Crippen LogP contribution >= 0.6 is 0 Å². The summed E-state index contributed by atoms with van der Waals surface area (Å²) in [4.78, 5) is 24.8. The summed E-state index contributed by atoms with van der Waals surface area (Å²) in [6.07, 6.45) is 15.1. The number of benzene rings is 2. The summed E-state index contributed by atoms with van der Waals surface area (Å²) in [7, 11) is 1.56. The third-order valence-corrected chi connectivity index (χ3v) is 13.3. The van der Waals surface area contributed by atoms with Gasteiger partial charge in [0.15, 0.2) is 0 Å². The third-order valence-electron chi connectivity index (χ3n) is 13.3. The van der Waals surface area contributed by atoms with Crippen molar-refractivity contribution in [2.45, 2.75) is 108 Å². The van der Waals surface area contributed by atoms with Gasteiger partial charge in [0.1, 0.15) is 37.1 Å². The van der Waals surface area contributed by atoms with Gasteiger partial charge in [0.25, 0.3) is 0 Å². The summed E-state index contributed by atoms with van der Waals surface area (Å²) < 4.78 is 35.2. The van der Waals surface area contributed by atoms with Gasteiger partial charge in [-0.2, -0.15) is 0 Å². The fraction of sp³-hybridized carbons (Fsp3) is 0.617. The summed E-state index contributed by atoms with van der Waals surface area (Å²) in [6, 6.07) is 11.9. The van der Waals surface area contributed by atoms with Gasteiger partial charge in [0.05, 0.1) is 18.2 Å². The Bertz CT molecular complexity index is 1740. The Balaban J connectivity index is 1.39. The molecule has 58 heavy (non-hydrogen) atoms. The number of fused-ring (bicyclic) bond motifs is 2. The second-order valence-corrected chi connectivity index (χ2v) is 17.0. The molecule has 6 atom stereocenters. The van der Waals surface area contributed by atoms with Crippen LogP contribution in [0.15, 0.2) is 71.9 Å². The standard InChI is InChI=1S/C47H64FN3O7/c1-3-27-57-47-43(51(32-34-14-17-36(48)18-15-34)44(54)21-16-33-10-4-5-11-33)31-41(49-55-2)39-29-35(12-6-8-25-52)38(13-7-9-26-53)45(46(39)47)40-30-37(19-20-42(40)58-47)56-28-24-50-22-23-50/h3,14-15,17-20,29-30,33,35,38,43,45-46,52-53H,1,4-13,16,21-28,31-32H2,2H3. The predicted octanol–water partition coefficient (Wildman–Crippen LogP) is 7.78. The van der Waals surface area contributed by atoms with Crippen LogP contribution in [0.3, 0.4) is 0 Å². The molecule has 10 nitrogen and oxygen atoms in total. The summed E-state index contributed by atoms with van der Waals surface area (Å²) in [5.74, 6) is 0.0568. The topological polar surface area (TPSA) is 113 Å². The minimum absolute atomic E-state index is 0.00489. The van der Waals surface area contributed by atoms with Crippen LogP contribution in [0.4, 0.5) is 4.39 Å². The molecule has 11 heteroatoms. The van der Waals surface area contributed by atoms with Gasteiger partial charge in [-0.05, 0) is 91.3 Å². The van der Waals surface area contributed by atoms with Gasteiger partial charge >= 0.3 is 0 Å². The minimum Gasteiger partial charge on any atom is -0.492 e. The van der Waals surface area contributed by atoms with E-state index in [1.807, 2.05) is 17.0 Å². The highest BCUT2D eigenvalue weighted by molar-refractivity contribution is 6.03. The number of ether oxygens (including phenoxy) is 3. The van der Waals surface area contributed by atoms with Crippen molar-refractivity contribution in [3.8, 4) is 11.5 Å². The SMILES string of the molecule is C=CCOC12Oc3ccc(OCCN4CC4)cc3C3C(CCCCO)C(CCCCO)C=C(C(=NOC)CC1N(Cc1ccc(F)cc1)C(=O)CCC1CCCC1)C32. The lowest BCUT2D eigenvalue weighted by Crippen LogP contribution is -2.70. The first-order valence-corrected chi connectivity index (χ1v) is 21.9. The molecular weight excluding hydrogens is 738 g/mol. The number of allylic oxidation sites excluding steroid dienone is 1. The number of carbonyl (C=O) groups is 1. The molecule has 2 aromatic carbocycles. The lowest BCUT2D eigenvalue weighted by Gasteiger charge is -2.60. The lowest BCUT2D eigenvalue weighted by molar-refractivity contribution is -0.258. The number of unbranched alkanes of at least 4 members (excludes halogenated alkanes) is 2. The van der Waals surface area contributed by atoms with Crippen molar-refractivity contribution in [1.82, 2.24) is 9.80 Å². The van der Waals surface area contributed by atoms with E-state index in [9.17, 15) is 19.4 Å². The van der Waals surface area contributed by atoms with Crippen LogP contribution in [0.1, 0.15) is 101 Å². The summed E-state index contributed by atoms with van der Waals surface area (Å²) in [5.41, 5.74) is 3.60. The molecule has 0 bridgehead atoms. The Morgan fingerprint density at radius 3 is 2.52 bits per heavy atom. The molecule has 6 unspecified atom stereocenters. The Morgan fingerprint density at radius 1 is 1.05 bits per heavy atom. The van der Waals surface area contributed by atoms with Crippen LogP contribution in [-0.2, 0) is 20.9 Å². The first-order chi connectivity index (χ1) is 28.4. The number of halogens is 1. The van der Waals surface area contributed by atoms with E-state index in [2.05, 4.69) is 23.6 Å². The molecule has 7 rings (SSSR count). The second kappa shape index (κ2) is 20.0. The smallest absolute Gasteiger partial charge is 0.239 e. The van der Waals surface area contributed by atoms with E-state index in [4.69, 9.17) is 24.2 Å². The Kier molecular flexibility index (Phi) is 14.6. The first-order valence-electron chi connectivity index (χ1n) is 21.9. The summed E-state index contributed by atoms with van der Waals surface area (Å²) >= 11 is 0. The maximum Gasteiger partial charge on any atom is 0.239 e. The predicted molar refractivity (Wildman–Crippen MR) is 222 cm³/mol. The minimum atomic E-state index is -1.35. The molecule has 2 N–H and O–H groups in total. The second-order valence-electron chi connectivity index (χ2n) is 17.0. The molecule has 0 aromatic heterocycles. The van der Waals surface area contributed by atoms with Crippen LogP contribution in [0.25, 0.3) is 0 Å². The van der Waals surface area contributed by atoms with E-state index in [0.717, 1.165) is 92.7 Å². The Morgan fingerprint density at radius 2 is 1.81 bits per heavy atom. The zero-order valence-electron chi connectivity index (χ0n) is 34.4. The van der Waals surface area contributed by atoms with Crippen LogP contribution < -0.4 is 9.47 Å². The van der Waals surface area contributed by atoms with E-state index in [1.165, 1.54) is 25.0 Å². The van der Waals surface area contributed by atoms with Crippen molar-refractivity contribution in [2.75, 3.05) is 53.2 Å². The molecule has 2 aliphatic heterocycles. The molecular formula is C47H64FN3O7. The number of hydrogen-bond acceptors (Lipinski definition) is 9. The number of amides is 1. The number of aliphatic hydroxyl groups excluding tert-OH is 2. The van der Waals surface area contributed by atoms with E-state index in [-0.39, 0.29) is 55.8 Å². The normalized spacial score (nSPS) is 27.0. The number of nitrogens with zero attached hydrogens (tertiary/aromatic N) is 3. The number of oxime groups is 1. The fourth-order valence-corrected chi connectivity index (χ4v) is 10.4. The first kappa shape index (κ1) is 42.4. The molecule has 1 saturated heterocycles. The number of hydrogen-bond donors (Lipinski definition) is 2. The van der Waals surface area contributed by atoms with Crippen molar-refractivity contribution in [3.05, 3.63) is 83.7 Å². The fourth-order valence-electron chi connectivity index (χ4n) is 10.4. The van der Waals surface area contributed by atoms with Gasteiger partial charge < -0.3 is 34.2 Å². The molecule has 3 aliphatic carbocycles. The van der Waals surface area contributed by atoms with Crippen LogP contribution in [0, 0.1) is 29.5 Å². The van der Waals surface area contributed by atoms with E-state index >= 15 is 0 Å². The highest BCUT2D eigenvalue weighted by Crippen LogP contribution is 2.62. The average molecular weight is 802 g/mol. The molecule has 0 radical (unpaired) electrons. The average Bonchev–Trinajstić information content (AvgIpc) is 3.91. The lowest BCUT2D eigenvalue weighted by atomic mass is 9.55. The highest BCUT2D eigenvalue weighted by atomic mass is 19.1. The Labute approximate surface area is 344 Å². The van der Waals surface area contributed by atoms with Crippen molar-refractivity contribution in [2.24, 2.45) is 28.8 Å². The molecule has 1 amide bonds. The van der Waals surface area contributed by atoms with Gasteiger partial charge in [-0.1, -0.05) is 68.0 Å². The number of rotatable bonds is 22. The summed E-state index contributed by atoms with van der Waals surface area (Å²) in [6.45, 7) is 8.40. The van der Waals surface area contributed by atoms with Gasteiger partial charge in [0.2, 0.25) is 11.7 Å². The molecule has 0 spiro atoms. The number of carbonyl (C=O) groups excluding carboxylic acids is 1. The van der Waals surface area contributed by atoms with Gasteiger partial charge in [-0.25, -0.2) is 4.39 Å². The largest absolute Gasteiger partial charge is 0.492 e. The molecule has 2 aromatic rings. The molecule has 3 fully saturated rings. The molecule has 2 saturated carbocycles. The molecule has 316 valence electrons. The van der Waals surface area contributed by atoms with Crippen molar-refractivity contribution in [1.29, 1.82) is 0 Å². The van der Waals surface area contributed by atoms with E-state index in [0.29, 0.717) is 44.0 Å². The van der Waals surface area contributed by atoms with Crippen LogP contribution in [0.5, 0.6) is 11.5 Å². The van der Waals surface area contributed by atoms with Crippen molar-refractivity contribution >= 4 is 11.6 Å². The monoisotopic (exact) mass is 801 g/mol. The van der Waals surface area contributed by atoms with Crippen molar-refractivity contribution < 1.29 is 38.4 Å². The third kappa shape index (κ3) is 9.64.